The van der Waals surface area contributed by atoms with Crippen LogP contribution < -0.4 is 5.56 Å². The van der Waals surface area contributed by atoms with Crippen LogP contribution in [-0.4, -0.2) is 29.3 Å². The zero-order valence-corrected chi connectivity index (χ0v) is 15.8. The SMILES string of the molecule is CCC(N(C)C)n1ccc(C(=O)c2cccc(CC(C)C#N)c2)cc1=O. The summed E-state index contributed by atoms with van der Waals surface area (Å²) in [7, 11) is 3.85. The molecule has 2 unspecified atom stereocenters. The zero-order valence-electron chi connectivity index (χ0n) is 15.8. The lowest BCUT2D eigenvalue weighted by Gasteiger charge is -2.25. The molecule has 2 aromatic rings. The van der Waals surface area contributed by atoms with Gasteiger partial charge in [-0.05, 0) is 51.6 Å². The fourth-order valence-electron chi connectivity index (χ4n) is 3.09. The second-order valence-electron chi connectivity index (χ2n) is 6.78. The van der Waals surface area contributed by atoms with Gasteiger partial charge < -0.3 is 0 Å². The monoisotopic (exact) mass is 351 g/mol. The van der Waals surface area contributed by atoms with Gasteiger partial charge in [0.25, 0.3) is 5.56 Å². The van der Waals surface area contributed by atoms with Gasteiger partial charge in [0.05, 0.1) is 12.2 Å². The van der Waals surface area contributed by atoms with Crippen molar-refractivity contribution in [1.82, 2.24) is 9.47 Å². The Kier molecular flexibility index (Phi) is 6.48. The number of benzene rings is 1. The van der Waals surface area contributed by atoms with Crippen LogP contribution in [0.25, 0.3) is 0 Å². The Morgan fingerprint density at radius 2 is 1.92 bits per heavy atom. The van der Waals surface area contributed by atoms with Gasteiger partial charge in [0.2, 0.25) is 0 Å². The van der Waals surface area contributed by atoms with E-state index in [1.807, 2.05) is 45.0 Å². The Morgan fingerprint density at radius 3 is 2.50 bits per heavy atom. The first kappa shape index (κ1) is 19.6. The third-order valence-electron chi connectivity index (χ3n) is 4.44. The first-order valence-electron chi connectivity index (χ1n) is 8.79. The van der Waals surface area contributed by atoms with E-state index in [-0.39, 0.29) is 23.4 Å². The predicted octanol–water partition coefficient (Wildman–Crippen LogP) is 3.25. The van der Waals surface area contributed by atoms with Crippen molar-refractivity contribution in [1.29, 1.82) is 5.26 Å². The van der Waals surface area contributed by atoms with Crippen molar-refractivity contribution in [2.45, 2.75) is 32.9 Å². The summed E-state index contributed by atoms with van der Waals surface area (Å²) in [5.41, 5.74) is 1.66. The summed E-state index contributed by atoms with van der Waals surface area (Å²) < 4.78 is 1.64. The van der Waals surface area contributed by atoms with Crippen LogP contribution in [0.15, 0.2) is 47.4 Å². The Labute approximate surface area is 154 Å². The van der Waals surface area contributed by atoms with Crippen molar-refractivity contribution in [2.24, 2.45) is 5.92 Å². The number of nitrogens with zero attached hydrogens (tertiary/aromatic N) is 3. The van der Waals surface area contributed by atoms with E-state index in [4.69, 9.17) is 5.26 Å². The number of hydrogen-bond donors (Lipinski definition) is 0. The molecule has 1 aromatic carbocycles. The molecule has 2 atom stereocenters. The third-order valence-corrected chi connectivity index (χ3v) is 4.44. The van der Waals surface area contributed by atoms with Crippen LogP contribution >= 0.6 is 0 Å². The molecular weight excluding hydrogens is 326 g/mol. The van der Waals surface area contributed by atoms with Crippen LogP contribution in [0.5, 0.6) is 0 Å². The number of ketones is 1. The molecule has 0 aliphatic heterocycles. The number of hydrogen-bond acceptors (Lipinski definition) is 4. The Morgan fingerprint density at radius 1 is 1.23 bits per heavy atom. The largest absolute Gasteiger partial charge is 0.299 e. The summed E-state index contributed by atoms with van der Waals surface area (Å²) in [5, 5.41) is 8.96. The van der Waals surface area contributed by atoms with Crippen molar-refractivity contribution in [3.8, 4) is 6.07 Å². The van der Waals surface area contributed by atoms with Gasteiger partial charge in [-0.1, -0.05) is 25.1 Å². The Bertz CT molecular complexity index is 877. The van der Waals surface area contributed by atoms with E-state index in [1.165, 1.54) is 6.07 Å². The molecule has 5 nitrogen and oxygen atoms in total. The molecule has 0 aliphatic rings. The highest BCUT2D eigenvalue weighted by Crippen LogP contribution is 2.15. The third kappa shape index (κ3) is 4.47. The van der Waals surface area contributed by atoms with E-state index in [1.54, 1.807) is 29.0 Å². The van der Waals surface area contributed by atoms with Crippen LogP contribution in [0.4, 0.5) is 0 Å². The lowest BCUT2D eigenvalue weighted by Crippen LogP contribution is -2.33. The number of carbonyl (C=O) groups is 1. The highest BCUT2D eigenvalue weighted by molar-refractivity contribution is 6.08. The molecule has 0 radical (unpaired) electrons. The molecule has 0 bridgehead atoms. The molecule has 5 heteroatoms. The molecule has 1 aromatic heterocycles. The predicted molar refractivity (Wildman–Crippen MR) is 102 cm³/mol. The van der Waals surface area contributed by atoms with Crippen LogP contribution in [0.1, 0.15) is 47.9 Å². The Balaban J connectivity index is 2.31. The number of carbonyl (C=O) groups excluding carboxylic acids is 1. The minimum Gasteiger partial charge on any atom is -0.299 e. The lowest BCUT2D eigenvalue weighted by atomic mass is 9.97. The second kappa shape index (κ2) is 8.59. The smallest absolute Gasteiger partial charge is 0.252 e. The van der Waals surface area contributed by atoms with Crippen molar-refractivity contribution in [3.05, 3.63) is 69.6 Å². The van der Waals surface area contributed by atoms with Crippen LogP contribution in [0.3, 0.4) is 0 Å². The number of rotatable bonds is 7. The summed E-state index contributed by atoms with van der Waals surface area (Å²) >= 11 is 0. The maximum atomic E-state index is 12.8. The molecular formula is C21H25N3O2. The van der Waals surface area contributed by atoms with E-state index >= 15 is 0 Å². The van der Waals surface area contributed by atoms with Crippen molar-refractivity contribution < 1.29 is 4.79 Å². The number of nitriles is 1. The standard InChI is InChI=1S/C21H25N3O2/c1-5-19(23(3)4)24-10-9-18(13-20(24)25)21(26)17-8-6-7-16(12-17)11-15(2)14-22/h6-10,12-13,15,19H,5,11H2,1-4H3. The van der Waals surface area contributed by atoms with Crippen LogP contribution in [-0.2, 0) is 6.42 Å². The minimum absolute atomic E-state index is 0.0394. The molecule has 0 N–H and O–H groups in total. The van der Waals surface area contributed by atoms with Gasteiger partial charge >= 0.3 is 0 Å². The van der Waals surface area contributed by atoms with Gasteiger partial charge in [-0.2, -0.15) is 5.26 Å². The average Bonchev–Trinajstić information content (AvgIpc) is 2.62. The molecule has 1 heterocycles. The normalized spacial score (nSPS) is 13.2. The van der Waals surface area contributed by atoms with Gasteiger partial charge in [0.15, 0.2) is 5.78 Å². The van der Waals surface area contributed by atoms with Gasteiger partial charge in [0, 0.05) is 29.3 Å². The van der Waals surface area contributed by atoms with Crippen molar-refractivity contribution >= 4 is 5.78 Å². The summed E-state index contributed by atoms with van der Waals surface area (Å²) in [5.74, 6) is -0.292. The fraction of sp³-hybridized carbons (Fsp3) is 0.381. The van der Waals surface area contributed by atoms with E-state index in [2.05, 4.69) is 6.07 Å². The van der Waals surface area contributed by atoms with Gasteiger partial charge in [-0.3, -0.25) is 19.1 Å². The first-order valence-corrected chi connectivity index (χ1v) is 8.79. The molecule has 0 spiro atoms. The van der Waals surface area contributed by atoms with Gasteiger partial charge in [-0.25, -0.2) is 0 Å². The lowest BCUT2D eigenvalue weighted by molar-refractivity contribution is 0.103. The van der Waals surface area contributed by atoms with Crippen molar-refractivity contribution in [3.63, 3.8) is 0 Å². The second-order valence-corrected chi connectivity index (χ2v) is 6.78. The first-order chi connectivity index (χ1) is 12.4. The molecule has 0 fully saturated rings. The van der Waals surface area contributed by atoms with Gasteiger partial charge in [0.1, 0.15) is 0 Å². The van der Waals surface area contributed by atoms with Gasteiger partial charge in [-0.15, -0.1) is 0 Å². The molecule has 0 amide bonds. The molecule has 136 valence electrons. The minimum atomic E-state index is -0.189. The quantitative estimate of drug-likeness (QED) is 0.718. The van der Waals surface area contributed by atoms with E-state index in [9.17, 15) is 9.59 Å². The number of aromatic nitrogens is 1. The summed E-state index contributed by atoms with van der Waals surface area (Å²) in [6, 6.07) is 12.6. The maximum absolute atomic E-state index is 12.8. The van der Waals surface area contributed by atoms with Crippen molar-refractivity contribution in [2.75, 3.05) is 14.1 Å². The fourth-order valence-corrected chi connectivity index (χ4v) is 3.09. The zero-order chi connectivity index (χ0) is 19.3. The summed E-state index contributed by atoms with van der Waals surface area (Å²) in [6.45, 7) is 3.87. The Hall–Kier alpha value is -2.71. The topological polar surface area (TPSA) is 66.1 Å². The average molecular weight is 351 g/mol. The highest BCUT2D eigenvalue weighted by Gasteiger charge is 2.16. The van der Waals surface area contributed by atoms with Crippen LogP contribution in [0, 0.1) is 17.2 Å². The molecule has 2 rings (SSSR count). The number of pyridine rings is 1. The molecule has 0 aliphatic carbocycles. The summed E-state index contributed by atoms with van der Waals surface area (Å²) in [6.07, 6.45) is 3.03. The maximum Gasteiger partial charge on any atom is 0.252 e. The highest BCUT2D eigenvalue weighted by atomic mass is 16.1. The van der Waals surface area contributed by atoms with E-state index in [0.29, 0.717) is 17.5 Å². The molecule has 0 saturated carbocycles. The summed E-state index contributed by atoms with van der Waals surface area (Å²) in [4.78, 5) is 27.2. The molecule has 0 saturated heterocycles. The van der Waals surface area contributed by atoms with E-state index < -0.39 is 0 Å². The molecule has 26 heavy (non-hydrogen) atoms. The van der Waals surface area contributed by atoms with Crippen LogP contribution in [0.2, 0.25) is 0 Å². The van der Waals surface area contributed by atoms with E-state index in [0.717, 1.165) is 12.0 Å².